The fourth-order valence-corrected chi connectivity index (χ4v) is 1.99. The molecule has 6 nitrogen and oxygen atoms in total. The molecule has 0 saturated heterocycles. The van der Waals surface area contributed by atoms with Crippen LogP contribution in [0.15, 0.2) is 29.7 Å². The Balaban J connectivity index is 2.20. The second-order valence-corrected chi connectivity index (χ2v) is 4.10. The number of aromatic nitrogens is 3. The van der Waals surface area contributed by atoms with Gasteiger partial charge in [0, 0.05) is 11.9 Å². The van der Waals surface area contributed by atoms with Crippen LogP contribution in [-0.2, 0) is 0 Å². The van der Waals surface area contributed by atoms with Crippen molar-refractivity contribution in [2.45, 2.75) is 6.92 Å². The third-order valence-electron chi connectivity index (χ3n) is 2.86. The zero-order valence-corrected chi connectivity index (χ0v) is 9.66. The van der Waals surface area contributed by atoms with Crippen LogP contribution in [0.25, 0.3) is 11.2 Å². The lowest BCUT2D eigenvalue weighted by atomic mass is 10.1. The fraction of sp³-hybridized carbons (Fsp3) is 0.167. The number of aromatic carboxylic acids is 1. The van der Waals surface area contributed by atoms with Crippen LogP contribution in [0.5, 0.6) is 0 Å². The summed E-state index contributed by atoms with van der Waals surface area (Å²) in [6.07, 6.45) is 5.06. The molecule has 0 amide bonds. The van der Waals surface area contributed by atoms with Crippen molar-refractivity contribution < 1.29 is 9.90 Å². The molecular formula is C12H10N4O2. The van der Waals surface area contributed by atoms with E-state index in [-0.39, 0.29) is 5.56 Å². The number of hydrogen-bond acceptors (Lipinski definition) is 4. The Bertz CT molecular complexity index is 712. The number of carboxylic acid groups (broad SMARTS) is 1. The minimum Gasteiger partial charge on any atom is -0.478 e. The van der Waals surface area contributed by atoms with Crippen LogP contribution in [0, 0.1) is 0 Å². The summed E-state index contributed by atoms with van der Waals surface area (Å²) in [6, 6.07) is 1.62. The van der Waals surface area contributed by atoms with E-state index < -0.39 is 5.97 Å². The van der Waals surface area contributed by atoms with Crippen molar-refractivity contribution in [3.8, 4) is 0 Å². The lowest BCUT2D eigenvalue weighted by molar-refractivity contribution is 0.0698. The molecule has 3 rings (SSSR count). The maximum absolute atomic E-state index is 11.2. The lowest BCUT2D eigenvalue weighted by Crippen LogP contribution is -2.04. The largest absolute Gasteiger partial charge is 0.478 e. The molecule has 1 N–H and O–H groups in total. The van der Waals surface area contributed by atoms with E-state index in [4.69, 9.17) is 0 Å². The van der Waals surface area contributed by atoms with E-state index in [1.807, 2.05) is 13.0 Å². The molecule has 3 heterocycles. The molecule has 18 heavy (non-hydrogen) atoms. The van der Waals surface area contributed by atoms with Gasteiger partial charge in [-0.1, -0.05) is 0 Å². The van der Waals surface area contributed by atoms with E-state index in [1.54, 1.807) is 12.3 Å². The lowest BCUT2D eigenvalue weighted by Gasteiger charge is -2.04. The SMILES string of the molecule is CC1=NCC(c2cc(C(=O)O)c3ncnn3c2)=C1. The Morgan fingerprint density at radius 3 is 3.00 bits per heavy atom. The molecule has 0 radical (unpaired) electrons. The number of fused-ring (bicyclic) bond motifs is 1. The number of carbonyl (C=O) groups is 1. The van der Waals surface area contributed by atoms with Crippen LogP contribution in [0.3, 0.4) is 0 Å². The van der Waals surface area contributed by atoms with Gasteiger partial charge >= 0.3 is 5.97 Å². The molecule has 2 aromatic rings. The van der Waals surface area contributed by atoms with Gasteiger partial charge in [0.2, 0.25) is 0 Å². The number of allylic oxidation sites excluding steroid dienone is 1. The summed E-state index contributed by atoms with van der Waals surface area (Å²) < 4.78 is 1.48. The molecule has 1 aliphatic heterocycles. The second-order valence-electron chi connectivity index (χ2n) is 4.10. The first-order valence-corrected chi connectivity index (χ1v) is 5.44. The molecule has 90 valence electrons. The van der Waals surface area contributed by atoms with Crippen LogP contribution in [0.1, 0.15) is 22.8 Å². The van der Waals surface area contributed by atoms with Gasteiger partial charge in [-0.05, 0) is 30.2 Å². The number of pyridine rings is 1. The minimum atomic E-state index is -1.01. The smallest absolute Gasteiger partial charge is 0.339 e. The van der Waals surface area contributed by atoms with Gasteiger partial charge in [0.05, 0.1) is 6.54 Å². The van der Waals surface area contributed by atoms with Gasteiger partial charge in [-0.15, -0.1) is 0 Å². The van der Waals surface area contributed by atoms with Crippen molar-refractivity contribution in [2.24, 2.45) is 4.99 Å². The maximum atomic E-state index is 11.2. The topological polar surface area (TPSA) is 79.8 Å². The highest BCUT2D eigenvalue weighted by Crippen LogP contribution is 2.21. The van der Waals surface area contributed by atoms with Crippen molar-refractivity contribution in [3.05, 3.63) is 35.8 Å². The second kappa shape index (κ2) is 3.76. The maximum Gasteiger partial charge on any atom is 0.339 e. The van der Waals surface area contributed by atoms with Gasteiger partial charge in [-0.3, -0.25) is 4.99 Å². The van der Waals surface area contributed by atoms with Gasteiger partial charge in [-0.2, -0.15) is 5.10 Å². The molecule has 2 aromatic heterocycles. The number of hydrogen-bond donors (Lipinski definition) is 1. The molecular weight excluding hydrogens is 232 g/mol. The number of nitrogens with zero attached hydrogens (tertiary/aromatic N) is 4. The Morgan fingerprint density at radius 1 is 1.50 bits per heavy atom. The fourth-order valence-electron chi connectivity index (χ4n) is 1.99. The zero-order chi connectivity index (χ0) is 12.7. The van der Waals surface area contributed by atoms with Gasteiger partial charge < -0.3 is 5.11 Å². The van der Waals surface area contributed by atoms with Crippen LogP contribution in [0.4, 0.5) is 0 Å². The van der Waals surface area contributed by atoms with Crippen molar-refractivity contribution in [1.82, 2.24) is 14.6 Å². The van der Waals surface area contributed by atoms with Crippen molar-refractivity contribution >= 4 is 22.9 Å². The highest BCUT2D eigenvalue weighted by molar-refractivity contribution is 6.03. The standard InChI is InChI=1S/C12H10N4O2/c1-7-2-8(4-13-7)9-3-10(12(17)18)11-14-6-15-16(11)5-9/h2-3,5-6H,4H2,1H3,(H,17,18). The minimum absolute atomic E-state index is 0.149. The van der Waals surface area contributed by atoms with Crippen LogP contribution < -0.4 is 0 Å². The Labute approximate surface area is 102 Å². The number of rotatable bonds is 2. The van der Waals surface area contributed by atoms with E-state index in [9.17, 15) is 9.90 Å². The van der Waals surface area contributed by atoms with E-state index in [0.717, 1.165) is 16.8 Å². The molecule has 0 aromatic carbocycles. The van der Waals surface area contributed by atoms with Crippen LogP contribution in [0.2, 0.25) is 0 Å². The van der Waals surface area contributed by atoms with Crippen LogP contribution >= 0.6 is 0 Å². The third-order valence-corrected chi connectivity index (χ3v) is 2.86. The average molecular weight is 242 g/mol. The molecule has 0 atom stereocenters. The summed E-state index contributed by atoms with van der Waals surface area (Å²) in [7, 11) is 0. The van der Waals surface area contributed by atoms with Gasteiger partial charge in [-0.25, -0.2) is 14.3 Å². The first-order valence-electron chi connectivity index (χ1n) is 5.44. The van der Waals surface area contributed by atoms with Gasteiger partial charge in [0.25, 0.3) is 0 Å². The van der Waals surface area contributed by atoms with E-state index >= 15 is 0 Å². The average Bonchev–Trinajstić information content (AvgIpc) is 2.95. The summed E-state index contributed by atoms with van der Waals surface area (Å²) in [6.45, 7) is 2.49. The number of carboxylic acids is 1. The normalized spacial score (nSPS) is 14.7. The number of aliphatic imine (C=N–C) groups is 1. The van der Waals surface area contributed by atoms with Crippen LogP contribution in [-0.4, -0.2) is 37.9 Å². The summed E-state index contributed by atoms with van der Waals surface area (Å²) >= 11 is 0. The van der Waals surface area contributed by atoms with Crippen molar-refractivity contribution in [3.63, 3.8) is 0 Å². The van der Waals surface area contributed by atoms with E-state index in [0.29, 0.717) is 12.2 Å². The first kappa shape index (κ1) is 10.6. The zero-order valence-electron chi connectivity index (χ0n) is 9.66. The van der Waals surface area contributed by atoms with E-state index in [1.165, 1.54) is 10.8 Å². The Kier molecular flexibility index (Phi) is 2.22. The summed E-state index contributed by atoms with van der Waals surface area (Å²) in [4.78, 5) is 19.4. The molecule has 0 fully saturated rings. The predicted octanol–water partition coefficient (Wildman–Crippen LogP) is 1.29. The predicted molar refractivity (Wildman–Crippen MR) is 65.9 cm³/mol. The summed E-state index contributed by atoms with van der Waals surface area (Å²) in [5.41, 5.74) is 3.25. The molecule has 0 saturated carbocycles. The highest BCUT2D eigenvalue weighted by Gasteiger charge is 2.16. The molecule has 1 aliphatic rings. The molecule has 0 aliphatic carbocycles. The monoisotopic (exact) mass is 242 g/mol. The molecule has 6 heteroatoms. The molecule has 0 spiro atoms. The van der Waals surface area contributed by atoms with Gasteiger partial charge in [0.1, 0.15) is 11.9 Å². The van der Waals surface area contributed by atoms with Gasteiger partial charge in [0.15, 0.2) is 5.65 Å². The quantitative estimate of drug-likeness (QED) is 0.860. The van der Waals surface area contributed by atoms with Crippen molar-refractivity contribution in [1.29, 1.82) is 0 Å². The summed E-state index contributed by atoms with van der Waals surface area (Å²) in [5.74, 6) is -1.01. The highest BCUT2D eigenvalue weighted by atomic mass is 16.4. The Hall–Kier alpha value is -2.50. The molecule has 0 bridgehead atoms. The van der Waals surface area contributed by atoms with E-state index in [2.05, 4.69) is 15.1 Å². The van der Waals surface area contributed by atoms with Crippen molar-refractivity contribution in [2.75, 3.05) is 6.54 Å². The molecule has 0 unspecified atom stereocenters. The first-order chi connectivity index (χ1) is 8.65. The Morgan fingerprint density at radius 2 is 2.33 bits per heavy atom. The summed E-state index contributed by atoms with van der Waals surface area (Å²) in [5, 5.41) is 13.2. The third kappa shape index (κ3) is 1.58.